The summed E-state index contributed by atoms with van der Waals surface area (Å²) in [6.07, 6.45) is 0. The molecule has 4 heterocycles. The molecule has 2 spiro atoms. The van der Waals surface area contributed by atoms with Gasteiger partial charge in [0.05, 0.1) is 22.9 Å². The Kier molecular flexibility index (Phi) is 4.84. The molecule has 0 bridgehead atoms. The van der Waals surface area contributed by atoms with Crippen LogP contribution in [0.4, 0.5) is 22.7 Å². The van der Waals surface area contributed by atoms with Crippen LogP contribution in [0.1, 0.15) is 11.1 Å². The van der Waals surface area contributed by atoms with Gasteiger partial charge in [-0.25, -0.2) is 0 Å². The first kappa shape index (κ1) is 23.4. The first-order valence-electron chi connectivity index (χ1n) is 12.1. The zero-order valence-electron chi connectivity index (χ0n) is 20.6. The maximum atomic E-state index is 13.6. The molecule has 2 fully saturated rings. The van der Waals surface area contributed by atoms with Gasteiger partial charge in [-0.3, -0.25) is 29.0 Å². The minimum absolute atomic E-state index is 0.160. The number of benzene rings is 3. The molecule has 38 heavy (non-hydrogen) atoms. The van der Waals surface area contributed by atoms with Crippen LogP contribution in [-0.2, 0) is 28.9 Å². The monoisotopic (exact) mass is 542 g/mol. The molecule has 3 aromatic carbocycles. The summed E-state index contributed by atoms with van der Waals surface area (Å²) in [5.41, 5.74) is 4.26. The van der Waals surface area contributed by atoms with Crippen LogP contribution in [0, 0.1) is 0 Å². The summed E-state index contributed by atoms with van der Waals surface area (Å²) < 4.78 is 0. The van der Waals surface area contributed by atoms with Gasteiger partial charge in [0.25, 0.3) is 11.8 Å². The number of carbonyl (C=O) groups is 4. The Morgan fingerprint density at radius 2 is 0.947 bits per heavy atom. The van der Waals surface area contributed by atoms with Gasteiger partial charge < -0.3 is 9.80 Å². The fourth-order valence-corrected chi connectivity index (χ4v) is 8.84. The Morgan fingerprint density at radius 1 is 0.579 bits per heavy atom. The third-order valence-electron chi connectivity index (χ3n) is 7.75. The second-order valence-electron chi connectivity index (χ2n) is 9.60. The number of para-hydroxylation sites is 2. The van der Waals surface area contributed by atoms with Crippen molar-refractivity contribution in [3.63, 3.8) is 0 Å². The first-order valence-corrected chi connectivity index (χ1v) is 14.1. The predicted octanol–water partition coefficient (Wildman–Crippen LogP) is 3.51. The van der Waals surface area contributed by atoms with Crippen LogP contribution in [0.3, 0.4) is 0 Å². The van der Waals surface area contributed by atoms with Gasteiger partial charge in [-0.2, -0.15) is 0 Å². The number of amides is 4. The molecule has 4 amide bonds. The van der Waals surface area contributed by atoms with Crippen molar-refractivity contribution in [2.24, 2.45) is 0 Å². The summed E-state index contributed by atoms with van der Waals surface area (Å²) in [5.74, 6) is -0.297. The molecule has 4 aliphatic heterocycles. The van der Waals surface area contributed by atoms with E-state index >= 15 is 0 Å². The van der Waals surface area contributed by atoms with Gasteiger partial charge in [-0.1, -0.05) is 36.4 Å². The summed E-state index contributed by atoms with van der Waals surface area (Å²) in [4.78, 5) is 57.7. The highest BCUT2D eigenvalue weighted by Gasteiger charge is 2.61. The normalized spacial score (nSPS) is 25.9. The minimum atomic E-state index is -1.17. The van der Waals surface area contributed by atoms with Crippen LogP contribution in [-0.4, -0.2) is 49.2 Å². The summed E-state index contributed by atoms with van der Waals surface area (Å²) >= 11 is 2.65. The lowest BCUT2D eigenvalue weighted by molar-refractivity contribution is -0.123. The average molecular weight is 543 g/mol. The van der Waals surface area contributed by atoms with Gasteiger partial charge in [0.2, 0.25) is 21.6 Å². The van der Waals surface area contributed by atoms with Gasteiger partial charge in [0.15, 0.2) is 0 Å². The Bertz CT molecular complexity index is 1460. The van der Waals surface area contributed by atoms with Crippen molar-refractivity contribution >= 4 is 69.9 Å². The van der Waals surface area contributed by atoms with E-state index in [1.165, 1.54) is 23.5 Å². The number of hydrogen-bond acceptors (Lipinski definition) is 6. The molecule has 3 aromatic rings. The van der Waals surface area contributed by atoms with E-state index in [2.05, 4.69) is 0 Å². The highest BCUT2D eigenvalue weighted by molar-refractivity contribution is 8.02. The van der Waals surface area contributed by atoms with Crippen molar-refractivity contribution in [1.82, 2.24) is 0 Å². The molecule has 4 aliphatic rings. The first-order chi connectivity index (χ1) is 18.3. The van der Waals surface area contributed by atoms with Crippen molar-refractivity contribution in [2.75, 3.05) is 45.2 Å². The van der Waals surface area contributed by atoms with E-state index in [0.717, 1.165) is 22.5 Å². The van der Waals surface area contributed by atoms with E-state index in [-0.39, 0.29) is 35.1 Å². The third-order valence-corrected chi connectivity index (χ3v) is 10.5. The van der Waals surface area contributed by atoms with Gasteiger partial charge in [-0.15, -0.1) is 23.5 Å². The molecule has 0 radical (unpaired) electrons. The Hall–Kier alpha value is -3.76. The SMILES string of the molecule is CN1C(=O)C2(SCC(=O)N2c2ccc(N3C(=O)CSC34C(=O)N(C)c3ccccc34)cc2)c2ccccc21. The Morgan fingerprint density at radius 3 is 1.34 bits per heavy atom. The van der Waals surface area contributed by atoms with Crippen LogP contribution < -0.4 is 19.6 Å². The van der Waals surface area contributed by atoms with E-state index in [1.807, 2.05) is 48.5 Å². The summed E-state index contributed by atoms with van der Waals surface area (Å²) in [7, 11) is 3.45. The van der Waals surface area contributed by atoms with Crippen LogP contribution in [0.5, 0.6) is 0 Å². The second kappa shape index (κ2) is 7.87. The average Bonchev–Trinajstić information content (AvgIpc) is 3.60. The fourth-order valence-electron chi connectivity index (χ4n) is 6.06. The van der Waals surface area contributed by atoms with E-state index < -0.39 is 9.74 Å². The number of thioether (sulfide) groups is 2. The summed E-state index contributed by atoms with van der Waals surface area (Å²) in [6.45, 7) is 0. The number of nitrogens with zero attached hydrogens (tertiary/aromatic N) is 4. The highest BCUT2D eigenvalue weighted by Crippen LogP contribution is 2.57. The lowest BCUT2D eigenvalue weighted by atomic mass is 10.0. The molecule has 2 saturated heterocycles. The molecular formula is C28H22N4O4S2. The van der Waals surface area contributed by atoms with E-state index in [0.29, 0.717) is 11.4 Å². The van der Waals surface area contributed by atoms with Crippen molar-refractivity contribution in [3.05, 3.63) is 83.9 Å². The molecule has 10 heteroatoms. The van der Waals surface area contributed by atoms with E-state index in [4.69, 9.17) is 0 Å². The van der Waals surface area contributed by atoms with Crippen LogP contribution in [0.15, 0.2) is 72.8 Å². The van der Waals surface area contributed by atoms with Crippen molar-refractivity contribution in [2.45, 2.75) is 9.74 Å². The fraction of sp³-hybridized carbons (Fsp3) is 0.214. The zero-order valence-corrected chi connectivity index (χ0v) is 22.2. The molecule has 0 aromatic heterocycles. The lowest BCUT2D eigenvalue weighted by Gasteiger charge is -2.34. The topological polar surface area (TPSA) is 81.2 Å². The molecule has 0 aliphatic carbocycles. The summed E-state index contributed by atoms with van der Waals surface area (Å²) in [6, 6.07) is 22.1. The van der Waals surface area contributed by atoms with E-state index in [1.54, 1.807) is 58.0 Å². The zero-order chi connectivity index (χ0) is 26.4. The molecule has 0 saturated carbocycles. The van der Waals surface area contributed by atoms with E-state index in [9.17, 15) is 19.2 Å². The third kappa shape index (κ3) is 2.69. The maximum Gasteiger partial charge on any atom is 0.268 e. The lowest BCUT2D eigenvalue weighted by Crippen LogP contribution is -2.49. The molecular weight excluding hydrogens is 520 g/mol. The van der Waals surface area contributed by atoms with Crippen molar-refractivity contribution in [3.8, 4) is 0 Å². The number of anilines is 4. The number of hydrogen-bond donors (Lipinski definition) is 0. The Balaban J connectivity index is 1.32. The molecule has 2 unspecified atom stereocenters. The maximum absolute atomic E-state index is 13.6. The molecule has 0 N–H and O–H groups in total. The van der Waals surface area contributed by atoms with Gasteiger partial charge >= 0.3 is 0 Å². The standard InChI is InChI=1S/C28H22N4O4S2/c1-29-21-9-5-3-7-19(21)27(25(29)35)31(23(33)15-37-27)17-11-13-18(14-12-17)32-24(34)16-38-28(32)20-8-4-6-10-22(20)30(2)26(28)36/h3-14H,15-16H2,1-2H3. The minimum Gasteiger partial charge on any atom is -0.312 e. The number of rotatable bonds is 2. The highest BCUT2D eigenvalue weighted by atomic mass is 32.2. The molecule has 2 atom stereocenters. The van der Waals surface area contributed by atoms with Crippen LogP contribution in [0.2, 0.25) is 0 Å². The van der Waals surface area contributed by atoms with Crippen molar-refractivity contribution < 1.29 is 19.2 Å². The van der Waals surface area contributed by atoms with Gasteiger partial charge in [0, 0.05) is 36.6 Å². The van der Waals surface area contributed by atoms with Crippen LogP contribution >= 0.6 is 23.5 Å². The predicted molar refractivity (Wildman–Crippen MR) is 149 cm³/mol. The van der Waals surface area contributed by atoms with Gasteiger partial charge in [-0.05, 0) is 36.4 Å². The summed E-state index contributed by atoms with van der Waals surface area (Å²) in [5, 5.41) is 0. The molecule has 8 nitrogen and oxygen atoms in total. The van der Waals surface area contributed by atoms with Crippen molar-refractivity contribution in [1.29, 1.82) is 0 Å². The quantitative estimate of drug-likeness (QED) is 0.493. The number of carbonyl (C=O) groups excluding carboxylic acids is 4. The largest absolute Gasteiger partial charge is 0.312 e. The number of fused-ring (bicyclic) bond motifs is 4. The molecule has 190 valence electrons. The second-order valence-corrected chi connectivity index (χ2v) is 11.9. The smallest absolute Gasteiger partial charge is 0.268 e. The van der Waals surface area contributed by atoms with Gasteiger partial charge in [0.1, 0.15) is 0 Å². The number of likely N-dealkylation sites (N-methyl/N-ethyl adjacent to an activating group) is 2. The molecule has 7 rings (SSSR count). The van der Waals surface area contributed by atoms with Crippen LogP contribution in [0.25, 0.3) is 0 Å². The Labute approximate surface area is 227 Å².